The molecule has 0 aromatic heterocycles. The Labute approximate surface area is 125 Å². The molecule has 0 saturated heterocycles. The van der Waals surface area contributed by atoms with Gasteiger partial charge < -0.3 is 15.7 Å². The molecule has 0 spiro atoms. The monoisotopic (exact) mass is 292 g/mol. The maximum Gasteiger partial charge on any atom is 0.326 e. The van der Waals surface area contributed by atoms with E-state index in [1.54, 1.807) is 20.8 Å². The van der Waals surface area contributed by atoms with E-state index in [0.29, 0.717) is 6.54 Å². The summed E-state index contributed by atoms with van der Waals surface area (Å²) in [5.74, 6) is -1.04. The lowest BCUT2D eigenvalue weighted by atomic mass is 9.87. The standard InChI is InChI=1S/C16H24N2O3/c1-5-11-8-6-7-9-12(11)10-17-15(21)18-13(14(19)20)16(2,3)4/h6-9,13H,5,10H2,1-4H3,(H,19,20)(H2,17,18,21)/t13-/m1/s1. The quantitative estimate of drug-likeness (QED) is 0.780. The predicted molar refractivity (Wildman–Crippen MR) is 82.1 cm³/mol. The molecule has 1 rings (SSSR count). The van der Waals surface area contributed by atoms with E-state index in [1.165, 1.54) is 5.56 Å². The van der Waals surface area contributed by atoms with Crippen LogP contribution < -0.4 is 10.6 Å². The van der Waals surface area contributed by atoms with Crippen molar-refractivity contribution in [1.82, 2.24) is 10.6 Å². The minimum absolute atomic E-state index is 0.381. The molecule has 0 fully saturated rings. The van der Waals surface area contributed by atoms with Crippen molar-refractivity contribution >= 4 is 12.0 Å². The van der Waals surface area contributed by atoms with Crippen LogP contribution in [-0.2, 0) is 17.8 Å². The molecule has 0 aliphatic rings. The average Bonchev–Trinajstić information content (AvgIpc) is 2.41. The van der Waals surface area contributed by atoms with Crippen molar-refractivity contribution in [3.63, 3.8) is 0 Å². The number of carbonyl (C=O) groups excluding carboxylic acids is 1. The second-order valence-electron chi connectivity index (χ2n) is 6.09. The van der Waals surface area contributed by atoms with E-state index in [2.05, 4.69) is 17.6 Å². The fourth-order valence-corrected chi connectivity index (χ4v) is 2.08. The first kappa shape index (κ1) is 17.0. The van der Waals surface area contributed by atoms with Gasteiger partial charge in [0.2, 0.25) is 0 Å². The molecule has 0 bridgehead atoms. The van der Waals surface area contributed by atoms with E-state index in [1.807, 2.05) is 24.3 Å². The van der Waals surface area contributed by atoms with Crippen LogP contribution in [0.2, 0.25) is 0 Å². The SMILES string of the molecule is CCc1ccccc1CNC(=O)N[C@H](C(=O)O)C(C)(C)C. The maximum absolute atomic E-state index is 11.9. The Balaban J connectivity index is 2.63. The van der Waals surface area contributed by atoms with Gasteiger partial charge in [0.05, 0.1) is 0 Å². The fraction of sp³-hybridized carbons (Fsp3) is 0.500. The summed E-state index contributed by atoms with van der Waals surface area (Å²) < 4.78 is 0. The highest BCUT2D eigenvalue weighted by Gasteiger charge is 2.32. The predicted octanol–water partition coefficient (Wildman–Crippen LogP) is 2.55. The normalized spacial score (nSPS) is 12.6. The van der Waals surface area contributed by atoms with E-state index in [9.17, 15) is 14.7 Å². The molecule has 116 valence electrons. The van der Waals surface area contributed by atoms with Crippen LogP contribution in [0.1, 0.15) is 38.8 Å². The van der Waals surface area contributed by atoms with Crippen LogP contribution >= 0.6 is 0 Å². The van der Waals surface area contributed by atoms with E-state index < -0.39 is 23.5 Å². The number of carbonyl (C=O) groups is 2. The topological polar surface area (TPSA) is 78.4 Å². The zero-order valence-corrected chi connectivity index (χ0v) is 13.1. The third-order valence-electron chi connectivity index (χ3n) is 3.33. The van der Waals surface area contributed by atoms with Gasteiger partial charge in [-0.1, -0.05) is 52.0 Å². The molecule has 21 heavy (non-hydrogen) atoms. The Morgan fingerprint density at radius 2 is 1.76 bits per heavy atom. The zero-order valence-electron chi connectivity index (χ0n) is 13.1. The van der Waals surface area contributed by atoms with E-state index in [0.717, 1.165) is 12.0 Å². The average molecular weight is 292 g/mol. The third kappa shape index (κ3) is 5.10. The van der Waals surface area contributed by atoms with Gasteiger partial charge in [-0.2, -0.15) is 0 Å². The van der Waals surface area contributed by atoms with Crippen LogP contribution in [0.3, 0.4) is 0 Å². The lowest BCUT2D eigenvalue weighted by Crippen LogP contribution is -2.52. The van der Waals surface area contributed by atoms with Crippen molar-refractivity contribution in [1.29, 1.82) is 0 Å². The minimum Gasteiger partial charge on any atom is -0.480 e. The molecule has 0 aliphatic carbocycles. The van der Waals surface area contributed by atoms with Crippen LogP contribution in [0.4, 0.5) is 4.79 Å². The second kappa shape index (κ2) is 7.11. The first-order valence-electron chi connectivity index (χ1n) is 7.09. The van der Waals surface area contributed by atoms with E-state index in [4.69, 9.17) is 0 Å². The number of aryl methyl sites for hydroxylation is 1. The molecule has 0 aliphatic heterocycles. The van der Waals surface area contributed by atoms with E-state index >= 15 is 0 Å². The molecule has 5 nitrogen and oxygen atoms in total. The first-order valence-corrected chi connectivity index (χ1v) is 7.09. The number of carboxylic acids is 1. The Bertz CT molecular complexity index is 506. The summed E-state index contributed by atoms with van der Waals surface area (Å²) in [6.45, 7) is 7.76. The number of carboxylic acid groups (broad SMARTS) is 1. The molecule has 5 heteroatoms. The van der Waals surface area contributed by atoms with Gasteiger partial charge >= 0.3 is 12.0 Å². The summed E-state index contributed by atoms with van der Waals surface area (Å²) in [5, 5.41) is 14.4. The largest absolute Gasteiger partial charge is 0.480 e. The molecule has 0 saturated carbocycles. The number of hydrogen-bond donors (Lipinski definition) is 3. The molecule has 3 N–H and O–H groups in total. The Hall–Kier alpha value is -2.04. The number of benzene rings is 1. The van der Waals surface area contributed by atoms with Gasteiger partial charge in [0.15, 0.2) is 0 Å². The van der Waals surface area contributed by atoms with E-state index in [-0.39, 0.29) is 0 Å². The number of urea groups is 1. The van der Waals surface area contributed by atoms with Crippen LogP contribution in [-0.4, -0.2) is 23.1 Å². The molecule has 0 unspecified atom stereocenters. The van der Waals surface area contributed by atoms with Crippen LogP contribution in [0, 0.1) is 5.41 Å². The highest BCUT2D eigenvalue weighted by atomic mass is 16.4. The molecule has 1 atom stereocenters. The van der Waals surface area contributed by atoms with Crippen molar-refractivity contribution < 1.29 is 14.7 Å². The lowest BCUT2D eigenvalue weighted by Gasteiger charge is -2.27. The lowest BCUT2D eigenvalue weighted by molar-refractivity contribution is -0.141. The summed E-state index contributed by atoms with van der Waals surface area (Å²) in [5.41, 5.74) is 1.66. The molecule has 1 aromatic carbocycles. The smallest absolute Gasteiger partial charge is 0.326 e. The summed E-state index contributed by atoms with van der Waals surface area (Å²) in [6.07, 6.45) is 0.888. The summed E-state index contributed by atoms with van der Waals surface area (Å²) in [6, 6.07) is 6.45. The van der Waals surface area contributed by atoms with Gasteiger partial charge in [0.1, 0.15) is 6.04 Å². The maximum atomic E-state index is 11.9. The highest BCUT2D eigenvalue weighted by molar-refractivity contribution is 5.83. The Morgan fingerprint density at radius 1 is 1.19 bits per heavy atom. The van der Waals surface area contributed by atoms with Crippen molar-refractivity contribution in [3.05, 3.63) is 35.4 Å². The van der Waals surface area contributed by atoms with Gasteiger partial charge in [-0.15, -0.1) is 0 Å². The van der Waals surface area contributed by atoms with Crippen molar-refractivity contribution in [3.8, 4) is 0 Å². The molecule has 1 aromatic rings. The fourth-order valence-electron chi connectivity index (χ4n) is 2.08. The number of hydrogen-bond acceptors (Lipinski definition) is 2. The summed E-state index contributed by atoms with van der Waals surface area (Å²) >= 11 is 0. The molecule has 0 radical (unpaired) electrons. The minimum atomic E-state index is -1.04. The number of amides is 2. The van der Waals surface area contributed by atoms with Crippen LogP contribution in [0.15, 0.2) is 24.3 Å². The van der Waals surface area contributed by atoms with Crippen LogP contribution in [0.5, 0.6) is 0 Å². The summed E-state index contributed by atoms with van der Waals surface area (Å²) in [4.78, 5) is 23.1. The molecule has 0 heterocycles. The Morgan fingerprint density at radius 3 is 2.24 bits per heavy atom. The molecular formula is C16H24N2O3. The molecular weight excluding hydrogens is 268 g/mol. The summed E-state index contributed by atoms with van der Waals surface area (Å²) in [7, 11) is 0. The van der Waals surface area contributed by atoms with Gasteiger partial charge in [-0.3, -0.25) is 0 Å². The number of nitrogens with one attached hydrogen (secondary N) is 2. The Kier molecular flexibility index (Phi) is 5.76. The molecule has 2 amide bonds. The van der Waals surface area contributed by atoms with Gasteiger partial charge in [-0.05, 0) is 23.0 Å². The van der Waals surface area contributed by atoms with Crippen molar-refractivity contribution in [2.24, 2.45) is 5.41 Å². The van der Waals surface area contributed by atoms with Gasteiger partial charge in [0, 0.05) is 6.54 Å². The highest BCUT2D eigenvalue weighted by Crippen LogP contribution is 2.19. The third-order valence-corrected chi connectivity index (χ3v) is 3.33. The zero-order chi connectivity index (χ0) is 16.0. The van der Waals surface area contributed by atoms with Crippen molar-refractivity contribution in [2.75, 3.05) is 0 Å². The van der Waals surface area contributed by atoms with Gasteiger partial charge in [0.25, 0.3) is 0 Å². The second-order valence-corrected chi connectivity index (χ2v) is 6.09. The van der Waals surface area contributed by atoms with Crippen LogP contribution in [0.25, 0.3) is 0 Å². The van der Waals surface area contributed by atoms with Crippen molar-refractivity contribution in [2.45, 2.75) is 46.7 Å². The number of rotatable bonds is 5. The van der Waals surface area contributed by atoms with Gasteiger partial charge in [-0.25, -0.2) is 9.59 Å². The number of aliphatic carboxylic acids is 1. The first-order chi connectivity index (χ1) is 9.75.